The van der Waals surface area contributed by atoms with Gasteiger partial charge in [-0.1, -0.05) is 23.4 Å². The number of methoxy groups -OCH3 is 3. The van der Waals surface area contributed by atoms with E-state index in [1.165, 1.54) is 6.08 Å². The highest BCUT2D eigenvalue weighted by Gasteiger charge is 2.10. The van der Waals surface area contributed by atoms with Gasteiger partial charge in [0.1, 0.15) is 5.75 Å². The van der Waals surface area contributed by atoms with Crippen LogP contribution in [-0.2, 0) is 11.3 Å². The molecular formula is C21H21N3O5. The molecule has 0 aliphatic heterocycles. The summed E-state index contributed by atoms with van der Waals surface area (Å²) in [6, 6.07) is 12.7. The van der Waals surface area contributed by atoms with Crippen molar-refractivity contribution in [3.8, 4) is 28.6 Å². The van der Waals surface area contributed by atoms with Crippen LogP contribution in [-0.4, -0.2) is 37.4 Å². The molecule has 0 fully saturated rings. The fourth-order valence-corrected chi connectivity index (χ4v) is 2.56. The first-order valence-electron chi connectivity index (χ1n) is 8.78. The third-order valence-corrected chi connectivity index (χ3v) is 4.04. The molecule has 3 aromatic rings. The maximum absolute atomic E-state index is 12.1. The Labute approximate surface area is 168 Å². The topological polar surface area (TPSA) is 95.7 Å². The molecule has 8 nitrogen and oxygen atoms in total. The lowest BCUT2D eigenvalue weighted by Crippen LogP contribution is -2.20. The normalized spacial score (nSPS) is 10.7. The van der Waals surface area contributed by atoms with Gasteiger partial charge < -0.3 is 24.1 Å². The number of benzene rings is 2. The molecule has 0 aliphatic rings. The summed E-state index contributed by atoms with van der Waals surface area (Å²) in [5.41, 5.74) is 1.56. The molecule has 29 heavy (non-hydrogen) atoms. The first-order chi connectivity index (χ1) is 14.1. The van der Waals surface area contributed by atoms with Crippen molar-refractivity contribution in [3.05, 3.63) is 60.0 Å². The van der Waals surface area contributed by atoms with Crippen LogP contribution in [0.25, 0.3) is 17.5 Å². The molecule has 0 radical (unpaired) electrons. The van der Waals surface area contributed by atoms with E-state index in [0.29, 0.717) is 29.0 Å². The third-order valence-electron chi connectivity index (χ3n) is 4.04. The highest BCUT2D eigenvalue weighted by Crippen LogP contribution is 2.28. The summed E-state index contributed by atoms with van der Waals surface area (Å²) in [6.07, 6.45) is 3.09. The summed E-state index contributed by atoms with van der Waals surface area (Å²) in [6.45, 7) is 0.117. The van der Waals surface area contributed by atoms with E-state index in [4.69, 9.17) is 18.7 Å². The molecule has 0 aliphatic carbocycles. The number of hydrogen-bond acceptors (Lipinski definition) is 7. The van der Waals surface area contributed by atoms with Gasteiger partial charge in [-0.25, -0.2) is 0 Å². The molecule has 0 saturated heterocycles. The summed E-state index contributed by atoms with van der Waals surface area (Å²) in [5, 5.41) is 6.64. The van der Waals surface area contributed by atoms with E-state index < -0.39 is 0 Å². The first-order valence-corrected chi connectivity index (χ1v) is 8.78. The summed E-state index contributed by atoms with van der Waals surface area (Å²) in [4.78, 5) is 16.4. The van der Waals surface area contributed by atoms with Crippen molar-refractivity contribution in [2.24, 2.45) is 0 Å². The van der Waals surface area contributed by atoms with Crippen LogP contribution in [0.15, 0.2) is 53.1 Å². The minimum absolute atomic E-state index is 0.117. The maximum Gasteiger partial charge on any atom is 0.246 e. The molecule has 2 aromatic carbocycles. The fraction of sp³-hybridized carbons (Fsp3) is 0.190. The van der Waals surface area contributed by atoms with Gasteiger partial charge >= 0.3 is 0 Å². The molecule has 0 saturated carbocycles. The standard InChI is InChI=1S/C21H21N3O5/c1-26-16-6-4-5-15(12-16)21-23-20(29-24-21)13-22-19(25)10-8-14-7-9-17(27-2)18(11-14)28-3/h4-12H,13H2,1-3H3,(H,22,25)/b10-8+. The van der Waals surface area contributed by atoms with Crippen molar-refractivity contribution < 1.29 is 23.5 Å². The van der Waals surface area contributed by atoms with Crippen LogP contribution in [0.4, 0.5) is 0 Å². The predicted octanol–water partition coefficient (Wildman–Crippen LogP) is 3.09. The number of carbonyl (C=O) groups excluding carboxylic acids is 1. The molecule has 0 unspecified atom stereocenters. The molecule has 1 N–H and O–H groups in total. The van der Waals surface area contributed by atoms with Crippen molar-refractivity contribution in [1.82, 2.24) is 15.5 Å². The van der Waals surface area contributed by atoms with Gasteiger partial charge in [0.05, 0.1) is 27.9 Å². The summed E-state index contributed by atoms with van der Waals surface area (Å²) >= 11 is 0. The summed E-state index contributed by atoms with van der Waals surface area (Å²) in [5.74, 6) is 2.34. The Balaban J connectivity index is 1.58. The van der Waals surface area contributed by atoms with Gasteiger partial charge in [-0.3, -0.25) is 4.79 Å². The Morgan fingerprint density at radius 1 is 1.07 bits per heavy atom. The lowest BCUT2D eigenvalue weighted by Gasteiger charge is -2.07. The van der Waals surface area contributed by atoms with Gasteiger partial charge in [0.15, 0.2) is 11.5 Å². The second-order valence-corrected chi connectivity index (χ2v) is 5.91. The van der Waals surface area contributed by atoms with E-state index in [1.807, 2.05) is 24.3 Å². The second kappa shape index (κ2) is 9.41. The second-order valence-electron chi connectivity index (χ2n) is 5.91. The zero-order chi connectivity index (χ0) is 20.6. The Hall–Kier alpha value is -3.81. The number of carbonyl (C=O) groups is 1. The lowest BCUT2D eigenvalue weighted by atomic mass is 10.2. The van der Waals surface area contributed by atoms with E-state index in [-0.39, 0.29) is 12.5 Å². The molecule has 150 valence electrons. The van der Waals surface area contributed by atoms with Crippen LogP contribution < -0.4 is 19.5 Å². The number of amides is 1. The van der Waals surface area contributed by atoms with Gasteiger partial charge in [-0.2, -0.15) is 4.98 Å². The fourth-order valence-electron chi connectivity index (χ4n) is 2.56. The minimum atomic E-state index is -0.291. The Bertz CT molecular complexity index is 1010. The van der Waals surface area contributed by atoms with Crippen LogP contribution in [0.1, 0.15) is 11.5 Å². The molecule has 0 bridgehead atoms. The van der Waals surface area contributed by atoms with E-state index >= 15 is 0 Å². The van der Waals surface area contributed by atoms with Crippen LogP contribution in [0.2, 0.25) is 0 Å². The number of rotatable bonds is 8. The highest BCUT2D eigenvalue weighted by atomic mass is 16.5. The quantitative estimate of drug-likeness (QED) is 0.586. The molecule has 0 atom stereocenters. The first kappa shape index (κ1) is 19.9. The number of hydrogen-bond donors (Lipinski definition) is 1. The highest BCUT2D eigenvalue weighted by molar-refractivity contribution is 5.91. The van der Waals surface area contributed by atoms with Gasteiger partial charge in [0.2, 0.25) is 17.6 Å². The predicted molar refractivity (Wildman–Crippen MR) is 107 cm³/mol. The monoisotopic (exact) mass is 395 g/mol. The number of nitrogens with one attached hydrogen (secondary N) is 1. The smallest absolute Gasteiger partial charge is 0.246 e. The van der Waals surface area contributed by atoms with E-state index in [0.717, 1.165) is 11.1 Å². The van der Waals surface area contributed by atoms with Gasteiger partial charge in [-0.05, 0) is 35.9 Å². The average Bonchev–Trinajstić information content (AvgIpc) is 3.25. The molecule has 1 amide bonds. The van der Waals surface area contributed by atoms with Crippen LogP contribution in [0.5, 0.6) is 17.2 Å². The Kier molecular flexibility index (Phi) is 6.47. The van der Waals surface area contributed by atoms with Crippen LogP contribution in [0.3, 0.4) is 0 Å². The lowest BCUT2D eigenvalue weighted by molar-refractivity contribution is -0.116. The molecule has 1 aromatic heterocycles. The molecule has 1 heterocycles. The molecule has 8 heteroatoms. The third kappa shape index (κ3) is 5.13. The maximum atomic E-state index is 12.1. The largest absolute Gasteiger partial charge is 0.497 e. The van der Waals surface area contributed by atoms with Crippen LogP contribution in [0, 0.1) is 0 Å². The van der Waals surface area contributed by atoms with Crippen molar-refractivity contribution >= 4 is 12.0 Å². The minimum Gasteiger partial charge on any atom is -0.497 e. The SMILES string of the molecule is COc1cccc(-c2noc(CNC(=O)/C=C/c3ccc(OC)c(OC)c3)n2)c1. The summed E-state index contributed by atoms with van der Waals surface area (Å²) in [7, 11) is 4.71. The van der Waals surface area contributed by atoms with Crippen molar-refractivity contribution in [2.45, 2.75) is 6.54 Å². The van der Waals surface area contributed by atoms with Gasteiger partial charge in [0.25, 0.3) is 0 Å². The zero-order valence-electron chi connectivity index (χ0n) is 16.3. The number of ether oxygens (including phenoxy) is 3. The van der Waals surface area contributed by atoms with Gasteiger partial charge in [0, 0.05) is 11.6 Å². The summed E-state index contributed by atoms with van der Waals surface area (Å²) < 4.78 is 20.8. The van der Waals surface area contributed by atoms with Crippen LogP contribution >= 0.6 is 0 Å². The van der Waals surface area contributed by atoms with Crippen molar-refractivity contribution in [2.75, 3.05) is 21.3 Å². The van der Waals surface area contributed by atoms with E-state index in [1.54, 1.807) is 45.6 Å². The van der Waals surface area contributed by atoms with E-state index in [2.05, 4.69) is 15.5 Å². The van der Waals surface area contributed by atoms with Crippen molar-refractivity contribution in [1.29, 1.82) is 0 Å². The van der Waals surface area contributed by atoms with E-state index in [9.17, 15) is 4.79 Å². The molecular weight excluding hydrogens is 374 g/mol. The number of aromatic nitrogens is 2. The van der Waals surface area contributed by atoms with Gasteiger partial charge in [-0.15, -0.1) is 0 Å². The average molecular weight is 395 g/mol. The zero-order valence-corrected chi connectivity index (χ0v) is 16.3. The molecule has 0 spiro atoms. The number of nitrogens with zero attached hydrogens (tertiary/aromatic N) is 2. The molecule has 3 rings (SSSR count). The Morgan fingerprint density at radius 3 is 2.66 bits per heavy atom. The Morgan fingerprint density at radius 2 is 1.90 bits per heavy atom. The van der Waals surface area contributed by atoms with Crippen molar-refractivity contribution in [3.63, 3.8) is 0 Å².